The van der Waals surface area contributed by atoms with Gasteiger partial charge < -0.3 is 9.42 Å². The molecule has 3 rings (SSSR count). The zero-order valence-electron chi connectivity index (χ0n) is 11.7. The van der Waals surface area contributed by atoms with Gasteiger partial charge >= 0.3 is 0 Å². The molecule has 1 atom stereocenters. The number of amides is 1. The van der Waals surface area contributed by atoms with Crippen molar-refractivity contribution in [2.45, 2.75) is 32.6 Å². The molecule has 3 heterocycles. The highest BCUT2D eigenvalue weighted by Crippen LogP contribution is 2.28. The highest BCUT2D eigenvalue weighted by Gasteiger charge is 2.30. The summed E-state index contributed by atoms with van der Waals surface area (Å²) in [5.74, 6) is 1.03. The predicted molar refractivity (Wildman–Crippen MR) is 72.5 cm³/mol. The van der Waals surface area contributed by atoms with Gasteiger partial charge in [0.05, 0.1) is 6.20 Å². The monoisotopic (exact) mass is 274 g/mol. The van der Waals surface area contributed by atoms with Crippen molar-refractivity contribution in [2.75, 3.05) is 13.1 Å². The number of hydrogen-bond acceptors (Lipinski definition) is 4. The molecule has 0 aliphatic carbocycles. The molecule has 0 radical (unpaired) electrons. The van der Waals surface area contributed by atoms with E-state index in [0.717, 1.165) is 36.4 Å². The topological polar surface area (TPSA) is 75.0 Å². The molecule has 0 spiro atoms. The molecular weight excluding hydrogens is 256 g/mol. The average Bonchev–Trinajstić information content (AvgIpc) is 3.17. The predicted octanol–water partition coefficient (Wildman–Crippen LogP) is 1.90. The van der Waals surface area contributed by atoms with Crippen molar-refractivity contribution in [2.24, 2.45) is 0 Å². The minimum Gasteiger partial charge on any atom is -0.361 e. The molecule has 6 nitrogen and oxygen atoms in total. The quantitative estimate of drug-likeness (QED) is 0.927. The Bertz CT molecular complexity index is 616. The molecule has 0 bridgehead atoms. The highest BCUT2D eigenvalue weighted by atomic mass is 16.5. The van der Waals surface area contributed by atoms with Crippen LogP contribution in [0.25, 0.3) is 0 Å². The van der Waals surface area contributed by atoms with Crippen LogP contribution in [0.4, 0.5) is 0 Å². The van der Waals surface area contributed by atoms with Crippen molar-refractivity contribution >= 4 is 5.91 Å². The van der Waals surface area contributed by atoms with E-state index in [2.05, 4.69) is 15.4 Å². The summed E-state index contributed by atoms with van der Waals surface area (Å²) in [6.45, 7) is 5.46. The summed E-state index contributed by atoms with van der Waals surface area (Å²) in [4.78, 5) is 14.2. The van der Waals surface area contributed by atoms with E-state index in [1.807, 2.05) is 24.9 Å². The standard InChI is InChI=1S/C14H18N4O2/c1-3-11-6-12(17-20-11)14(19)18-5-4-10(8-18)13-9(2)7-15-16-13/h6-7,10H,3-5,8H2,1-2H3,(H,15,16)/t10-/m0/s1. The molecule has 0 unspecified atom stereocenters. The summed E-state index contributed by atoms with van der Waals surface area (Å²) in [6.07, 6.45) is 3.52. The van der Waals surface area contributed by atoms with Gasteiger partial charge in [0.25, 0.3) is 5.91 Å². The smallest absolute Gasteiger partial charge is 0.276 e. The number of carbonyl (C=O) groups is 1. The van der Waals surface area contributed by atoms with E-state index in [0.29, 0.717) is 18.2 Å². The first-order valence-corrected chi connectivity index (χ1v) is 6.93. The summed E-state index contributed by atoms with van der Waals surface area (Å²) in [7, 11) is 0. The van der Waals surface area contributed by atoms with E-state index < -0.39 is 0 Å². The van der Waals surface area contributed by atoms with E-state index in [1.54, 1.807) is 6.07 Å². The largest absolute Gasteiger partial charge is 0.361 e. The van der Waals surface area contributed by atoms with Crippen LogP contribution in [0.5, 0.6) is 0 Å². The molecule has 1 aliphatic heterocycles. The van der Waals surface area contributed by atoms with Gasteiger partial charge in [-0.05, 0) is 18.9 Å². The van der Waals surface area contributed by atoms with Crippen molar-refractivity contribution in [3.05, 3.63) is 35.0 Å². The summed E-state index contributed by atoms with van der Waals surface area (Å²) in [5, 5.41) is 10.9. The van der Waals surface area contributed by atoms with Gasteiger partial charge in [0, 0.05) is 37.2 Å². The number of carbonyl (C=O) groups excluding carboxylic acids is 1. The van der Waals surface area contributed by atoms with Crippen LogP contribution in [0.15, 0.2) is 16.8 Å². The van der Waals surface area contributed by atoms with Crippen LogP contribution in [-0.2, 0) is 6.42 Å². The number of aryl methyl sites for hydroxylation is 2. The number of hydrogen-bond donors (Lipinski definition) is 1. The van der Waals surface area contributed by atoms with Gasteiger partial charge in [-0.15, -0.1) is 0 Å². The summed E-state index contributed by atoms with van der Waals surface area (Å²) < 4.78 is 5.10. The molecule has 106 valence electrons. The summed E-state index contributed by atoms with van der Waals surface area (Å²) >= 11 is 0. The van der Waals surface area contributed by atoms with E-state index in [1.165, 1.54) is 0 Å². The van der Waals surface area contributed by atoms with Gasteiger partial charge in [0.1, 0.15) is 5.76 Å². The Kier molecular flexibility index (Phi) is 3.30. The maximum atomic E-state index is 12.4. The lowest BCUT2D eigenvalue weighted by molar-refractivity contribution is 0.0780. The minimum atomic E-state index is -0.0480. The number of aromatic nitrogens is 3. The Balaban J connectivity index is 1.71. The zero-order valence-corrected chi connectivity index (χ0v) is 11.7. The fourth-order valence-corrected chi connectivity index (χ4v) is 2.69. The van der Waals surface area contributed by atoms with Crippen molar-refractivity contribution in [3.8, 4) is 0 Å². The number of nitrogens with zero attached hydrogens (tertiary/aromatic N) is 3. The summed E-state index contributed by atoms with van der Waals surface area (Å²) in [5.41, 5.74) is 2.69. The van der Waals surface area contributed by atoms with Crippen LogP contribution in [0.2, 0.25) is 0 Å². The van der Waals surface area contributed by atoms with Crippen molar-refractivity contribution in [3.63, 3.8) is 0 Å². The number of nitrogens with one attached hydrogen (secondary N) is 1. The molecule has 1 saturated heterocycles. The SMILES string of the molecule is CCc1cc(C(=O)N2CC[C@H](c3[nH]ncc3C)C2)no1. The first kappa shape index (κ1) is 12.9. The molecule has 1 fully saturated rings. The first-order chi connectivity index (χ1) is 9.69. The van der Waals surface area contributed by atoms with Gasteiger partial charge in [-0.3, -0.25) is 9.89 Å². The molecule has 1 N–H and O–H groups in total. The molecule has 6 heteroatoms. The number of likely N-dealkylation sites (tertiary alicyclic amines) is 1. The van der Waals surface area contributed by atoms with Crippen molar-refractivity contribution < 1.29 is 9.32 Å². The Morgan fingerprint density at radius 2 is 2.45 bits per heavy atom. The second kappa shape index (κ2) is 5.11. The third-order valence-corrected chi connectivity index (χ3v) is 3.88. The van der Waals surface area contributed by atoms with E-state index >= 15 is 0 Å². The van der Waals surface area contributed by atoms with Crippen LogP contribution in [0.3, 0.4) is 0 Å². The molecule has 1 amide bonds. The third-order valence-electron chi connectivity index (χ3n) is 3.88. The average molecular weight is 274 g/mol. The Morgan fingerprint density at radius 1 is 1.60 bits per heavy atom. The van der Waals surface area contributed by atoms with E-state index in [4.69, 9.17) is 4.52 Å². The fraction of sp³-hybridized carbons (Fsp3) is 0.500. The zero-order chi connectivity index (χ0) is 14.1. The van der Waals surface area contributed by atoms with Crippen LogP contribution < -0.4 is 0 Å². The molecule has 2 aromatic rings. The maximum Gasteiger partial charge on any atom is 0.276 e. The lowest BCUT2D eigenvalue weighted by Gasteiger charge is -2.14. The molecule has 20 heavy (non-hydrogen) atoms. The Labute approximate surface area is 117 Å². The summed E-state index contributed by atoms with van der Waals surface area (Å²) in [6, 6.07) is 1.73. The van der Waals surface area contributed by atoms with Crippen molar-refractivity contribution in [1.82, 2.24) is 20.3 Å². The fourth-order valence-electron chi connectivity index (χ4n) is 2.69. The van der Waals surface area contributed by atoms with Gasteiger partial charge in [-0.2, -0.15) is 5.10 Å². The van der Waals surface area contributed by atoms with Gasteiger partial charge in [0.15, 0.2) is 5.69 Å². The van der Waals surface area contributed by atoms with Crippen LogP contribution in [0.1, 0.15) is 46.8 Å². The molecular formula is C14H18N4O2. The lowest BCUT2D eigenvalue weighted by atomic mass is 10.0. The van der Waals surface area contributed by atoms with E-state index in [-0.39, 0.29) is 5.91 Å². The van der Waals surface area contributed by atoms with Crippen LogP contribution in [0, 0.1) is 6.92 Å². The number of H-pyrrole nitrogens is 1. The molecule has 0 saturated carbocycles. The van der Waals surface area contributed by atoms with Gasteiger partial charge in [0.2, 0.25) is 0 Å². The van der Waals surface area contributed by atoms with Gasteiger partial charge in [-0.25, -0.2) is 0 Å². The number of rotatable bonds is 3. The van der Waals surface area contributed by atoms with E-state index in [9.17, 15) is 4.79 Å². The minimum absolute atomic E-state index is 0.0480. The molecule has 2 aromatic heterocycles. The Hall–Kier alpha value is -2.11. The van der Waals surface area contributed by atoms with Crippen LogP contribution in [-0.4, -0.2) is 39.3 Å². The second-order valence-corrected chi connectivity index (χ2v) is 5.24. The maximum absolute atomic E-state index is 12.4. The third kappa shape index (κ3) is 2.21. The van der Waals surface area contributed by atoms with Gasteiger partial charge in [-0.1, -0.05) is 12.1 Å². The highest BCUT2D eigenvalue weighted by molar-refractivity contribution is 5.92. The van der Waals surface area contributed by atoms with Crippen LogP contribution >= 0.6 is 0 Å². The first-order valence-electron chi connectivity index (χ1n) is 6.93. The molecule has 1 aliphatic rings. The second-order valence-electron chi connectivity index (χ2n) is 5.24. The lowest BCUT2D eigenvalue weighted by Crippen LogP contribution is -2.28. The molecule has 0 aromatic carbocycles. The normalized spacial score (nSPS) is 18.7. The van der Waals surface area contributed by atoms with Crippen molar-refractivity contribution in [1.29, 1.82) is 0 Å². The number of aromatic amines is 1. The Morgan fingerprint density at radius 3 is 3.10 bits per heavy atom.